The third-order valence-corrected chi connectivity index (χ3v) is 1060. The second-order valence-electron chi connectivity index (χ2n) is 66.7. The van der Waals surface area contributed by atoms with Crippen LogP contribution in [0, 0.1) is 0 Å². The molecule has 0 radical (unpaired) electrons. The van der Waals surface area contributed by atoms with Gasteiger partial charge in [-0.2, -0.15) is 0 Å². The van der Waals surface area contributed by atoms with Crippen LogP contribution in [-0.2, 0) is 4.12 Å². The van der Waals surface area contributed by atoms with Crippen molar-refractivity contribution < 1.29 is 4.12 Å². The fourth-order valence-electron chi connectivity index (χ4n) is 30.5. The molecule has 752 valence electrons. The molecule has 0 fully saturated rings. The second-order valence-corrected chi connectivity index (χ2v) is 551. The highest BCUT2D eigenvalue weighted by Crippen LogP contribution is 2.59. The zero-order valence-electron chi connectivity index (χ0n) is 104. The summed E-state index contributed by atoms with van der Waals surface area (Å²) in [6, 6.07) is 0. The highest BCUT2D eigenvalue weighted by Gasteiger charge is 2.82. The van der Waals surface area contributed by atoms with Crippen molar-refractivity contribution >= 4 is 295 Å². The van der Waals surface area contributed by atoms with E-state index in [-0.39, 0.29) is 0 Å². The van der Waals surface area contributed by atoms with Crippen LogP contribution in [0.4, 0.5) is 0 Å². The summed E-state index contributed by atoms with van der Waals surface area (Å²) >= 11 is 0. The van der Waals surface area contributed by atoms with Crippen molar-refractivity contribution in [2.75, 3.05) is 0 Å². The number of rotatable bonds is 41. The summed E-state index contributed by atoms with van der Waals surface area (Å²) in [5.41, 5.74) is 0. The van der Waals surface area contributed by atoms with Gasteiger partial charge in [0.05, 0.1) is 7.11 Å². The van der Waals surface area contributed by atoms with E-state index in [2.05, 4.69) is 543 Å². The van der Waals surface area contributed by atoms with Crippen LogP contribution >= 0.6 is 0 Å². The van der Waals surface area contributed by atoms with Crippen molar-refractivity contribution in [2.24, 2.45) is 0 Å². The van der Waals surface area contributed by atoms with Crippen LogP contribution in [0.5, 0.6) is 0 Å². The van der Waals surface area contributed by atoms with Crippen molar-refractivity contribution in [1.82, 2.24) is 0 Å². The molecule has 0 aromatic heterocycles. The lowest BCUT2D eigenvalue weighted by molar-refractivity contribution is 0.571. The molecule has 0 aromatic carbocycles. The van der Waals surface area contributed by atoms with Crippen molar-refractivity contribution in [3.05, 3.63) is 0 Å². The predicted molar refractivity (Wildman–Crippen MR) is 725 cm³/mol. The molecule has 0 unspecified atom stereocenters. The Morgan fingerprint density at radius 2 is 0.160 bits per heavy atom. The van der Waals surface area contributed by atoms with E-state index in [4.69, 9.17) is 4.12 Å². The quantitative estimate of drug-likeness (QED) is 0.0555. The van der Waals surface area contributed by atoms with Crippen LogP contribution in [0.2, 0.25) is 543 Å². The third-order valence-electron chi connectivity index (χ3n) is 61.4. The number of hydrogen-bond acceptors (Lipinski definition) is 1. The molecule has 0 saturated carbocycles. The third kappa shape index (κ3) is 17.3. The Hall–Kier alpha value is 8.85. The lowest BCUT2D eigenvalue weighted by Gasteiger charge is -2.72. The van der Waals surface area contributed by atoms with Crippen LogP contribution in [0.15, 0.2) is 0 Å². The molecule has 0 aliphatic carbocycles. The zero-order valence-corrected chi connectivity index (χ0v) is 145. The molecular formula is C83H250OSi41. The average Bonchev–Trinajstić information content (AvgIpc) is 0.671. The van der Waals surface area contributed by atoms with E-state index in [9.17, 15) is 0 Å². The molecule has 0 aliphatic heterocycles. The van der Waals surface area contributed by atoms with Gasteiger partial charge >= 0.3 is 0 Å². The van der Waals surface area contributed by atoms with Gasteiger partial charge in [-0.1, -0.05) is 511 Å². The summed E-state index contributed by atoms with van der Waals surface area (Å²) in [7, 11) is -69.3. The Labute approximate surface area is 831 Å². The molecule has 0 bridgehead atoms. The van der Waals surface area contributed by atoms with Gasteiger partial charge in [-0.15, -0.1) is 0 Å². The summed E-state index contributed by atoms with van der Waals surface area (Å²) in [4.78, 5) is 0. The normalized spacial score (nSPS) is 17.7. The van der Waals surface area contributed by atoms with E-state index in [0.29, 0.717) is 0 Å². The lowest BCUT2D eigenvalue weighted by Crippen LogP contribution is -3.00. The van der Waals surface area contributed by atoms with Gasteiger partial charge in [0, 0.05) is 271 Å². The van der Waals surface area contributed by atoms with Gasteiger partial charge in [0.1, 0.15) is 0 Å². The maximum atomic E-state index is 7.56. The second kappa shape index (κ2) is 36.1. The fourth-order valence-corrected chi connectivity index (χ4v) is 1560. The molecule has 0 N–H and O–H groups in total. The van der Waals surface area contributed by atoms with Gasteiger partial charge in [0.15, 0.2) is 16.2 Å². The van der Waals surface area contributed by atoms with Crippen molar-refractivity contribution in [2.45, 2.75) is 543 Å². The Kier molecular flexibility index (Phi) is 38.7. The van der Waals surface area contributed by atoms with Crippen LogP contribution in [-0.4, -0.2) is 295 Å². The summed E-state index contributed by atoms with van der Waals surface area (Å²) in [5, 5.41) is 0. The Balaban J connectivity index is 8.62. The van der Waals surface area contributed by atoms with Crippen molar-refractivity contribution in [3.8, 4) is 0 Å². The van der Waals surface area contributed by atoms with E-state index < -0.39 is 295 Å². The molecule has 0 amide bonds. The Morgan fingerprint density at radius 1 is 0.0960 bits per heavy atom. The van der Waals surface area contributed by atoms with E-state index in [0.717, 1.165) is 0 Å². The van der Waals surface area contributed by atoms with Gasteiger partial charge in [-0.05, 0) is 32.7 Å². The highest BCUT2D eigenvalue weighted by atomic mass is 30.2. The minimum atomic E-state index is -1.87. The largest absolute Gasteiger partial charge is 0.458 e. The van der Waals surface area contributed by atoms with Crippen LogP contribution in [0.1, 0.15) is 0 Å². The molecule has 0 heterocycles. The van der Waals surface area contributed by atoms with E-state index in [1.165, 1.54) is 0 Å². The summed E-state index contributed by atoms with van der Waals surface area (Å²) in [6.45, 7) is 260. The van der Waals surface area contributed by atoms with Crippen molar-refractivity contribution in [3.63, 3.8) is 0 Å². The molecule has 42 heteroatoms. The predicted octanol–water partition coefficient (Wildman–Crippen LogP) is 32.5. The van der Waals surface area contributed by atoms with Gasteiger partial charge in [0.25, 0.3) is 0 Å². The van der Waals surface area contributed by atoms with Gasteiger partial charge in [-0.3, -0.25) is 0 Å². The van der Waals surface area contributed by atoms with Crippen LogP contribution in [0.3, 0.4) is 0 Å². The topological polar surface area (TPSA) is 9.23 Å². The van der Waals surface area contributed by atoms with Gasteiger partial charge in [-0.25, -0.2) is 0 Å². The first-order valence-corrected chi connectivity index (χ1v) is 214. The highest BCUT2D eigenvalue weighted by molar-refractivity contribution is 8.18. The van der Waals surface area contributed by atoms with Gasteiger partial charge < -0.3 is 4.12 Å². The number of hydrogen-bond donors (Lipinski definition) is 0. The molecule has 125 heavy (non-hydrogen) atoms. The molecule has 0 spiro atoms. The van der Waals surface area contributed by atoms with Crippen LogP contribution in [0.25, 0.3) is 0 Å². The molecular weight excluding hydrogens is 2160 g/mol. The molecule has 0 atom stereocenters. The smallest absolute Gasteiger partial charge is 0.170 e. The average molecular weight is 2420 g/mol. The molecule has 0 saturated heterocycles. The lowest BCUT2D eigenvalue weighted by atomic mass is 11.8. The Morgan fingerprint density at radius 3 is 0.224 bits per heavy atom. The molecule has 1 nitrogen and oxygen atoms in total. The monoisotopic (exact) mass is 2410 g/mol. The summed E-state index contributed by atoms with van der Waals surface area (Å²) < 4.78 is 7.56. The molecule has 0 aromatic rings. The maximum Gasteiger partial charge on any atom is 0.170 e. The fraction of sp³-hybridized carbons (Fsp3) is 1.00. The molecule has 0 aliphatic rings. The van der Waals surface area contributed by atoms with E-state index in [1.807, 2.05) is 0 Å². The standard InChI is InChI=1S/C83H250OSi41/c1-85(2)88(8,9)90(12,13)92(16,17)94(20,21)96(24,25)98(28,29)100(32,33)102(36,37)104(40,41)106(44,45)108(48,49)110(52,53)112(56,57)114(60,61)116(64,65)118(68,69)120(72,73)122(76,77)124(80,81)125(82,83)123(78,79)121(74,75)119(70,71)117(66,67)115(62,63)113(58,59)111(54,55)109(50,51)107(46,47)105(42,43)103(38,39)101(34,35)99(30,31)97(26,27)95(22,23)93(18,19)91(14,15)89(10,11)87(6,7)84-86(3,4)5/h85H,1-83H3. The minimum absolute atomic E-state index is 0.692. The van der Waals surface area contributed by atoms with Crippen molar-refractivity contribution in [1.29, 1.82) is 0 Å². The van der Waals surface area contributed by atoms with Gasteiger partial charge in [0.2, 0.25) is 0 Å². The van der Waals surface area contributed by atoms with Crippen LogP contribution < -0.4 is 0 Å². The maximum absolute atomic E-state index is 7.56. The van der Waals surface area contributed by atoms with E-state index >= 15 is 0 Å². The first kappa shape index (κ1) is 134. The Bertz CT molecular complexity index is 3680. The zero-order chi connectivity index (χ0) is 104. The SMILES string of the molecule is C[SiH](C)[Si](C)(C)[Si](C)(C)[Si](C)(C)[Si](C)(C)[Si](C)(C)[Si](C)(C)[Si](C)(C)[Si](C)(C)[Si](C)(C)[Si](C)(C)[Si](C)(C)[Si](C)(C)[Si](C)(C)[Si](C)(C)[Si](C)(C)[Si](C)(C)[Si](C)(C)[Si](C)(C)[Si](C)(C)[Si](C)(C)[Si](C)(C)[Si](C)(C)[Si](C)(C)[Si](C)(C)[Si](C)(C)[Si](C)(C)[Si](C)(C)[Si](C)(C)[Si](C)(C)[Si](C)(C)[Si](C)(C)[Si](C)(C)[Si](C)(C)[Si](C)(C)[Si](C)(C)[Si](C)(C)[Si](C)(C)[Si](C)(C)[Si](C)(C)O[Si](C)(C)C. The minimum Gasteiger partial charge on any atom is -0.458 e. The first-order valence-electron chi connectivity index (χ1n) is 51.9. The summed E-state index contributed by atoms with van der Waals surface area (Å²) in [5.74, 6) is 0. The summed E-state index contributed by atoms with van der Waals surface area (Å²) in [6.07, 6.45) is 0. The molecule has 0 rings (SSSR count). The van der Waals surface area contributed by atoms with E-state index in [1.54, 1.807) is 0 Å². The first-order chi connectivity index (χ1) is 52.2.